The lowest BCUT2D eigenvalue weighted by Crippen LogP contribution is -2.41. The first-order valence-electron chi connectivity index (χ1n) is 12.2. The van der Waals surface area contributed by atoms with Gasteiger partial charge in [0, 0.05) is 0 Å². The molecule has 0 saturated heterocycles. The van der Waals surface area contributed by atoms with Gasteiger partial charge >= 0.3 is 0 Å². The second-order valence-corrected chi connectivity index (χ2v) is 11.3. The van der Waals surface area contributed by atoms with Gasteiger partial charge < -0.3 is 5.11 Å². The molecule has 3 aliphatic rings. The van der Waals surface area contributed by atoms with Crippen molar-refractivity contribution in [1.82, 2.24) is 0 Å². The van der Waals surface area contributed by atoms with Crippen molar-refractivity contribution < 1.29 is 5.11 Å². The maximum Gasteiger partial charge on any atom is 0.0512 e. The van der Waals surface area contributed by atoms with Crippen LogP contribution in [0.2, 0.25) is 0 Å². The number of fused-ring (bicyclic) bond motifs is 2. The molecule has 3 rings (SSSR count). The summed E-state index contributed by atoms with van der Waals surface area (Å²) < 4.78 is 0. The van der Waals surface area contributed by atoms with Crippen molar-refractivity contribution in [3.63, 3.8) is 0 Å². The second kappa shape index (κ2) is 8.66. The summed E-state index contributed by atoms with van der Waals surface area (Å²) in [6.45, 7) is 14.1. The fraction of sp³-hybridized carbons (Fsp3) is 0.852. The molecule has 6 unspecified atom stereocenters. The highest BCUT2D eigenvalue weighted by Gasteiger charge is 2.53. The molecule has 0 aromatic carbocycles. The lowest BCUT2D eigenvalue weighted by atomic mass is 9.53. The van der Waals surface area contributed by atoms with Gasteiger partial charge in [-0.2, -0.15) is 0 Å². The van der Waals surface area contributed by atoms with E-state index in [1.165, 1.54) is 69.8 Å². The third kappa shape index (κ3) is 4.16. The first-order valence-corrected chi connectivity index (χ1v) is 12.2. The minimum Gasteiger partial charge on any atom is -0.393 e. The zero-order valence-corrected chi connectivity index (χ0v) is 19.6. The van der Waals surface area contributed by atoms with E-state index in [0.29, 0.717) is 10.8 Å². The molecule has 0 heterocycles. The fourth-order valence-corrected chi connectivity index (χ4v) is 7.13. The molecule has 0 amide bonds. The molecule has 0 radical (unpaired) electrons. The molecule has 1 nitrogen and oxygen atoms in total. The third-order valence-corrected chi connectivity index (χ3v) is 9.27. The quantitative estimate of drug-likeness (QED) is 0.349. The summed E-state index contributed by atoms with van der Waals surface area (Å²) in [6.07, 6.45) is 16.8. The Morgan fingerprint density at radius 2 is 1.93 bits per heavy atom. The normalized spacial score (nSPS) is 38.8. The zero-order chi connectivity index (χ0) is 20.5. The molecule has 0 bridgehead atoms. The van der Waals surface area contributed by atoms with Crippen LogP contribution in [0.25, 0.3) is 0 Å². The summed E-state index contributed by atoms with van der Waals surface area (Å²) >= 11 is 0. The second-order valence-electron chi connectivity index (χ2n) is 11.3. The Morgan fingerprint density at radius 1 is 1.18 bits per heavy atom. The molecular weight excluding hydrogens is 340 g/mol. The molecule has 1 fully saturated rings. The van der Waals surface area contributed by atoms with Crippen molar-refractivity contribution in [3.05, 3.63) is 22.8 Å². The average Bonchev–Trinajstić information content (AvgIpc) is 2.96. The molecule has 1 saturated carbocycles. The fourth-order valence-electron chi connectivity index (χ4n) is 7.13. The van der Waals surface area contributed by atoms with Crippen LogP contribution in [0.1, 0.15) is 112 Å². The lowest BCUT2D eigenvalue weighted by Gasteiger charge is -2.52. The van der Waals surface area contributed by atoms with E-state index in [1.54, 1.807) is 0 Å². The largest absolute Gasteiger partial charge is 0.393 e. The first kappa shape index (κ1) is 22.1. The Bertz CT molecular complexity index is 608. The van der Waals surface area contributed by atoms with E-state index in [-0.39, 0.29) is 6.10 Å². The Morgan fingerprint density at radius 3 is 2.61 bits per heavy atom. The van der Waals surface area contributed by atoms with Crippen LogP contribution in [0, 0.1) is 28.6 Å². The molecule has 0 aromatic heterocycles. The van der Waals surface area contributed by atoms with Gasteiger partial charge in [0.2, 0.25) is 0 Å². The Labute approximate surface area is 175 Å². The van der Waals surface area contributed by atoms with Gasteiger partial charge in [-0.3, -0.25) is 0 Å². The van der Waals surface area contributed by atoms with Gasteiger partial charge in [-0.05, 0) is 120 Å². The molecule has 1 N–H and O–H groups in total. The lowest BCUT2D eigenvalue weighted by molar-refractivity contribution is 0.0922. The molecule has 3 aliphatic carbocycles. The van der Waals surface area contributed by atoms with Gasteiger partial charge in [-0.1, -0.05) is 43.6 Å². The topological polar surface area (TPSA) is 20.2 Å². The van der Waals surface area contributed by atoms with Gasteiger partial charge in [0.15, 0.2) is 0 Å². The highest BCUT2D eigenvalue weighted by atomic mass is 16.3. The van der Waals surface area contributed by atoms with Crippen LogP contribution in [0.5, 0.6) is 0 Å². The van der Waals surface area contributed by atoms with Crippen molar-refractivity contribution in [2.75, 3.05) is 0 Å². The predicted molar refractivity (Wildman–Crippen MR) is 121 cm³/mol. The SMILES string of the molecule is CC(C)=CCCCC1CCC2C3=C(CCC12C)C(C)(CCC(C)O)C(C)CC3. The Balaban J connectivity index is 1.77. The van der Waals surface area contributed by atoms with E-state index >= 15 is 0 Å². The summed E-state index contributed by atoms with van der Waals surface area (Å²) in [7, 11) is 0. The van der Waals surface area contributed by atoms with Gasteiger partial charge in [0.1, 0.15) is 0 Å². The van der Waals surface area contributed by atoms with Crippen LogP contribution in [0.4, 0.5) is 0 Å². The summed E-state index contributed by atoms with van der Waals surface area (Å²) in [5.41, 5.74) is 6.06. The average molecular weight is 387 g/mol. The Hall–Kier alpha value is -0.560. The van der Waals surface area contributed by atoms with Crippen LogP contribution < -0.4 is 0 Å². The smallest absolute Gasteiger partial charge is 0.0512 e. The van der Waals surface area contributed by atoms with Crippen LogP contribution in [0.3, 0.4) is 0 Å². The van der Waals surface area contributed by atoms with E-state index in [0.717, 1.165) is 24.2 Å². The minimum atomic E-state index is -0.166. The van der Waals surface area contributed by atoms with Crippen LogP contribution in [0.15, 0.2) is 22.8 Å². The maximum atomic E-state index is 9.92. The van der Waals surface area contributed by atoms with E-state index in [9.17, 15) is 5.11 Å². The summed E-state index contributed by atoms with van der Waals surface area (Å²) in [5, 5.41) is 9.92. The molecule has 0 aromatic rings. The highest BCUT2D eigenvalue weighted by Crippen LogP contribution is 2.64. The first-order chi connectivity index (χ1) is 13.2. The number of rotatable bonds is 7. The standard InChI is InChI=1S/C27H46O/c1-19(2)9-7-8-10-22-12-14-24-23-13-11-20(3)26(5,17-15-21(4)28)25(23)16-18-27(22,24)6/h9,20-22,24,28H,7-8,10-18H2,1-6H3. The molecule has 6 atom stereocenters. The maximum absolute atomic E-state index is 9.92. The number of aliphatic hydroxyl groups excluding tert-OH is 1. The summed E-state index contributed by atoms with van der Waals surface area (Å²) in [6, 6.07) is 0. The predicted octanol–water partition coefficient (Wildman–Crippen LogP) is 7.84. The molecule has 0 spiro atoms. The van der Waals surface area contributed by atoms with E-state index < -0.39 is 0 Å². The minimum absolute atomic E-state index is 0.166. The molecule has 1 heteroatoms. The number of unbranched alkanes of at least 4 members (excludes halogenated alkanes) is 1. The number of aliphatic hydroxyl groups is 1. The highest BCUT2D eigenvalue weighted by molar-refractivity contribution is 5.33. The Kier molecular flexibility index (Phi) is 6.85. The van der Waals surface area contributed by atoms with Gasteiger partial charge in [-0.25, -0.2) is 0 Å². The number of hydrogen-bond acceptors (Lipinski definition) is 1. The van der Waals surface area contributed by atoms with Gasteiger partial charge in [0.25, 0.3) is 0 Å². The molecule has 160 valence electrons. The monoisotopic (exact) mass is 386 g/mol. The molecular formula is C27H46O. The van der Waals surface area contributed by atoms with Crippen molar-refractivity contribution in [2.24, 2.45) is 28.6 Å². The number of allylic oxidation sites excluding steroid dienone is 4. The van der Waals surface area contributed by atoms with E-state index in [1.807, 2.05) is 18.1 Å². The number of hydrogen-bond donors (Lipinski definition) is 1. The molecule has 0 aliphatic heterocycles. The molecule has 28 heavy (non-hydrogen) atoms. The van der Waals surface area contributed by atoms with Crippen LogP contribution in [-0.4, -0.2) is 11.2 Å². The summed E-state index contributed by atoms with van der Waals surface area (Å²) in [4.78, 5) is 0. The third-order valence-electron chi connectivity index (χ3n) is 9.27. The van der Waals surface area contributed by atoms with E-state index in [4.69, 9.17) is 0 Å². The van der Waals surface area contributed by atoms with Crippen molar-refractivity contribution in [2.45, 2.75) is 118 Å². The van der Waals surface area contributed by atoms with Gasteiger partial charge in [-0.15, -0.1) is 0 Å². The van der Waals surface area contributed by atoms with Crippen LogP contribution in [-0.2, 0) is 0 Å². The van der Waals surface area contributed by atoms with Crippen molar-refractivity contribution >= 4 is 0 Å². The zero-order valence-electron chi connectivity index (χ0n) is 19.6. The summed E-state index contributed by atoms with van der Waals surface area (Å²) in [5.74, 6) is 2.54. The van der Waals surface area contributed by atoms with Crippen molar-refractivity contribution in [3.8, 4) is 0 Å². The van der Waals surface area contributed by atoms with Crippen LogP contribution >= 0.6 is 0 Å². The van der Waals surface area contributed by atoms with Crippen molar-refractivity contribution in [1.29, 1.82) is 0 Å². The van der Waals surface area contributed by atoms with E-state index in [2.05, 4.69) is 40.7 Å². The van der Waals surface area contributed by atoms with Gasteiger partial charge in [0.05, 0.1) is 6.10 Å².